The molecule has 0 spiro atoms. The van der Waals surface area contributed by atoms with E-state index in [2.05, 4.69) is 4.98 Å². The third-order valence-corrected chi connectivity index (χ3v) is 3.29. The Bertz CT molecular complexity index is 658. The minimum absolute atomic E-state index is 0.208. The lowest BCUT2D eigenvalue weighted by Gasteiger charge is -2.18. The fraction of sp³-hybridized carbons (Fsp3) is 0.250. The van der Waals surface area contributed by atoms with E-state index in [1.807, 2.05) is 18.9 Å². The molecule has 0 saturated carbocycles. The van der Waals surface area contributed by atoms with Crippen LogP contribution in [0.15, 0.2) is 36.5 Å². The average molecular weight is 288 g/mol. The third kappa shape index (κ3) is 3.86. The first-order chi connectivity index (χ1) is 9.97. The van der Waals surface area contributed by atoms with Crippen LogP contribution in [0.5, 0.6) is 0 Å². The molecule has 1 aromatic carbocycles. The van der Waals surface area contributed by atoms with E-state index in [0.717, 1.165) is 11.1 Å². The lowest BCUT2D eigenvalue weighted by atomic mass is 10.1. The molecule has 0 atom stereocenters. The number of hydrogen-bond acceptors (Lipinski definition) is 3. The van der Waals surface area contributed by atoms with Gasteiger partial charge in [-0.2, -0.15) is 0 Å². The van der Waals surface area contributed by atoms with Crippen LogP contribution in [0.2, 0.25) is 0 Å². The van der Waals surface area contributed by atoms with Gasteiger partial charge in [-0.05, 0) is 49.4 Å². The molecule has 0 amide bonds. The zero-order chi connectivity index (χ0) is 15.4. The number of carboxylic acids is 1. The van der Waals surface area contributed by atoms with Crippen molar-refractivity contribution in [2.24, 2.45) is 0 Å². The summed E-state index contributed by atoms with van der Waals surface area (Å²) in [6, 6.07) is 7.82. The monoisotopic (exact) mass is 288 g/mol. The molecule has 1 N–H and O–H groups in total. The number of hydrogen-bond donors (Lipinski definition) is 1. The van der Waals surface area contributed by atoms with E-state index in [9.17, 15) is 9.18 Å². The number of carboxylic acid groups (broad SMARTS) is 1. The second-order valence-electron chi connectivity index (χ2n) is 5.05. The van der Waals surface area contributed by atoms with Gasteiger partial charge < -0.3 is 5.11 Å². The molecule has 2 rings (SSSR count). The number of nitrogens with zero attached hydrogens (tertiary/aromatic N) is 2. The Hall–Kier alpha value is -2.27. The quantitative estimate of drug-likeness (QED) is 0.919. The maximum Gasteiger partial charge on any atom is 0.337 e. The van der Waals surface area contributed by atoms with E-state index in [-0.39, 0.29) is 11.4 Å². The molecule has 21 heavy (non-hydrogen) atoms. The molecule has 0 radical (unpaired) electrons. The first kappa shape index (κ1) is 15.1. The minimum Gasteiger partial charge on any atom is -0.478 e. The van der Waals surface area contributed by atoms with E-state index < -0.39 is 5.97 Å². The first-order valence-corrected chi connectivity index (χ1v) is 6.58. The number of benzene rings is 1. The molecule has 0 saturated heterocycles. The molecule has 0 aliphatic rings. The Morgan fingerprint density at radius 1 is 1.33 bits per heavy atom. The van der Waals surface area contributed by atoms with Crippen LogP contribution in [-0.4, -0.2) is 28.0 Å². The predicted octanol–water partition coefficient (Wildman–Crippen LogP) is 2.86. The average Bonchev–Trinajstić information content (AvgIpc) is 2.42. The second kappa shape index (κ2) is 6.45. The number of carbonyl (C=O) groups is 1. The normalized spacial score (nSPS) is 10.9. The van der Waals surface area contributed by atoms with Crippen LogP contribution in [0.4, 0.5) is 4.39 Å². The van der Waals surface area contributed by atoms with Crippen LogP contribution in [0, 0.1) is 12.7 Å². The largest absolute Gasteiger partial charge is 0.478 e. The van der Waals surface area contributed by atoms with E-state index in [1.165, 1.54) is 12.1 Å². The molecule has 1 heterocycles. The third-order valence-electron chi connectivity index (χ3n) is 3.29. The summed E-state index contributed by atoms with van der Waals surface area (Å²) in [5.41, 5.74) is 2.61. The molecule has 110 valence electrons. The van der Waals surface area contributed by atoms with Crippen molar-refractivity contribution < 1.29 is 14.3 Å². The Kier molecular flexibility index (Phi) is 4.65. The number of rotatable bonds is 5. The van der Waals surface area contributed by atoms with Crippen molar-refractivity contribution in [2.45, 2.75) is 20.0 Å². The molecule has 5 heteroatoms. The van der Waals surface area contributed by atoms with Crippen molar-refractivity contribution >= 4 is 5.97 Å². The van der Waals surface area contributed by atoms with Crippen molar-refractivity contribution in [1.82, 2.24) is 9.88 Å². The van der Waals surface area contributed by atoms with Gasteiger partial charge in [0.05, 0.1) is 11.3 Å². The standard InChI is InChI=1S/C16H17FN2O2/c1-11-8-13(17)6-5-12(11)9-19(2)10-15-14(16(20)21)4-3-7-18-15/h3-8H,9-10H2,1-2H3,(H,20,21). The SMILES string of the molecule is Cc1cc(F)ccc1CN(C)Cc1ncccc1C(=O)O. The molecular weight excluding hydrogens is 271 g/mol. The van der Waals surface area contributed by atoms with Gasteiger partial charge >= 0.3 is 5.97 Å². The van der Waals surface area contributed by atoms with Crippen molar-refractivity contribution in [2.75, 3.05) is 7.05 Å². The van der Waals surface area contributed by atoms with Crippen LogP contribution in [0.25, 0.3) is 0 Å². The summed E-state index contributed by atoms with van der Waals surface area (Å²) in [5, 5.41) is 9.14. The molecule has 0 bridgehead atoms. The second-order valence-corrected chi connectivity index (χ2v) is 5.05. The molecule has 2 aromatic rings. The maximum atomic E-state index is 13.1. The summed E-state index contributed by atoms with van der Waals surface area (Å²) in [5.74, 6) is -1.23. The number of pyridine rings is 1. The summed E-state index contributed by atoms with van der Waals surface area (Å²) in [6.45, 7) is 2.87. The van der Waals surface area contributed by atoms with E-state index in [0.29, 0.717) is 18.8 Å². The van der Waals surface area contributed by atoms with Crippen LogP contribution < -0.4 is 0 Å². The highest BCUT2D eigenvalue weighted by Gasteiger charge is 2.13. The fourth-order valence-electron chi connectivity index (χ4n) is 2.20. The Balaban J connectivity index is 2.12. The highest BCUT2D eigenvalue weighted by atomic mass is 19.1. The van der Waals surface area contributed by atoms with Crippen molar-refractivity contribution in [3.8, 4) is 0 Å². The minimum atomic E-state index is -0.982. The van der Waals surface area contributed by atoms with Crippen LogP contribution in [0.3, 0.4) is 0 Å². The molecule has 0 unspecified atom stereocenters. The van der Waals surface area contributed by atoms with E-state index in [4.69, 9.17) is 5.11 Å². The molecular formula is C16H17FN2O2. The van der Waals surface area contributed by atoms with E-state index >= 15 is 0 Å². The number of aromatic carboxylic acids is 1. The number of aromatic nitrogens is 1. The summed E-state index contributed by atoms with van der Waals surface area (Å²) in [7, 11) is 1.88. The Morgan fingerprint density at radius 2 is 2.10 bits per heavy atom. The summed E-state index contributed by atoms with van der Waals surface area (Å²) < 4.78 is 13.1. The maximum absolute atomic E-state index is 13.1. The Morgan fingerprint density at radius 3 is 2.76 bits per heavy atom. The van der Waals surface area contributed by atoms with Gasteiger partial charge in [0.25, 0.3) is 0 Å². The zero-order valence-electron chi connectivity index (χ0n) is 12.0. The Labute approximate surface area is 122 Å². The van der Waals surface area contributed by atoms with Crippen LogP contribution in [0.1, 0.15) is 27.2 Å². The smallest absolute Gasteiger partial charge is 0.337 e. The lowest BCUT2D eigenvalue weighted by Crippen LogP contribution is -2.20. The number of aryl methyl sites for hydroxylation is 1. The van der Waals surface area contributed by atoms with Gasteiger partial charge in [0.1, 0.15) is 5.82 Å². The molecule has 0 aliphatic carbocycles. The first-order valence-electron chi connectivity index (χ1n) is 6.58. The molecule has 0 fully saturated rings. The summed E-state index contributed by atoms with van der Waals surface area (Å²) in [4.78, 5) is 17.2. The molecule has 0 aliphatic heterocycles. The van der Waals surface area contributed by atoms with Crippen molar-refractivity contribution in [3.05, 3.63) is 64.7 Å². The van der Waals surface area contributed by atoms with Gasteiger partial charge in [0, 0.05) is 19.3 Å². The van der Waals surface area contributed by atoms with Crippen molar-refractivity contribution in [1.29, 1.82) is 0 Å². The summed E-state index contributed by atoms with van der Waals surface area (Å²) >= 11 is 0. The van der Waals surface area contributed by atoms with Gasteiger partial charge in [0.15, 0.2) is 0 Å². The fourth-order valence-corrected chi connectivity index (χ4v) is 2.20. The van der Waals surface area contributed by atoms with Crippen LogP contribution in [-0.2, 0) is 13.1 Å². The number of halogens is 1. The van der Waals surface area contributed by atoms with E-state index in [1.54, 1.807) is 24.4 Å². The highest BCUT2D eigenvalue weighted by Crippen LogP contribution is 2.14. The summed E-state index contributed by atoms with van der Waals surface area (Å²) in [6.07, 6.45) is 1.58. The highest BCUT2D eigenvalue weighted by molar-refractivity contribution is 5.88. The lowest BCUT2D eigenvalue weighted by molar-refractivity contribution is 0.0694. The van der Waals surface area contributed by atoms with Gasteiger partial charge in [-0.3, -0.25) is 9.88 Å². The van der Waals surface area contributed by atoms with Gasteiger partial charge in [-0.15, -0.1) is 0 Å². The zero-order valence-corrected chi connectivity index (χ0v) is 12.0. The van der Waals surface area contributed by atoms with Crippen molar-refractivity contribution in [3.63, 3.8) is 0 Å². The van der Waals surface area contributed by atoms with Gasteiger partial charge in [0.2, 0.25) is 0 Å². The predicted molar refractivity (Wildman–Crippen MR) is 77.5 cm³/mol. The molecule has 1 aromatic heterocycles. The van der Waals surface area contributed by atoms with Gasteiger partial charge in [-0.1, -0.05) is 6.07 Å². The van der Waals surface area contributed by atoms with Crippen LogP contribution >= 0.6 is 0 Å². The topological polar surface area (TPSA) is 53.4 Å². The van der Waals surface area contributed by atoms with Gasteiger partial charge in [-0.25, -0.2) is 9.18 Å². The molecule has 4 nitrogen and oxygen atoms in total.